The largest absolute Gasteiger partial charge is 0.339 e. The molecule has 0 aliphatic carbocycles. The van der Waals surface area contributed by atoms with Gasteiger partial charge >= 0.3 is 0 Å². The van der Waals surface area contributed by atoms with E-state index in [0.717, 1.165) is 31.0 Å². The van der Waals surface area contributed by atoms with Gasteiger partial charge in [0.05, 0.1) is 5.92 Å². The summed E-state index contributed by atoms with van der Waals surface area (Å²) in [5.41, 5.74) is 1.05. The molecule has 1 aliphatic heterocycles. The van der Waals surface area contributed by atoms with E-state index in [9.17, 15) is 0 Å². The van der Waals surface area contributed by atoms with Crippen LogP contribution >= 0.6 is 23.7 Å². The molecule has 0 saturated carbocycles. The van der Waals surface area contributed by atoms with Crippen molar-refractivity contribution in [2.75, 3.05) is 13.1 Å². The van der Waals surface area contributed by atoms with Crippen molar-refractivity contribution in [3.05, 3.63) is 22.7 Å². The number of thiophene rings is 1. The average Bonchev–Trinajstić information content (AvgIpc) is 3.01. The number of hydrogen-bond acceptors (Lipinski definition) is 5. The van der Waals surface area contributed by atoms with E-state index in [-0.39, 0.29) is 12.4 Å². The van der Waals surface area contributed by atoms with Crippen LogP contribution in [0.4, 0.5) is 0 Å². The third-order valence-electron chi connectivity index (χ3n) is 2.87. The summed E-state index contributed by atoms with van der Waals surface area (Å²) in [5.74, 6) is 1.86. The molecule has 3 heterocycles. The van der Waals surface area contributed by atoms with Gasteiger partial charge in [0.2, 0.25) is 11.7 Å². The Labute approximate surface area is 110 Å². The van der Waals surface area contributed by atoms with Crippen molar-refractivity contribution in [1.82, 2.24) is 15.5 Å². The van der Waals surface area contributed by atoms with Crippen LogP contribution in [0.2, 0.25) is 0 Å². The maximum absolute atomic E-state index is 5.33. The molecule has 3 rings (SSSR count). The Bertz CT molecular complexity index is 451. The van der Waals surface area contributed by atoms with Crippen LogP contribution in [0.15, 0.2) is 21.3 Å². The van der Waals surface area contributed by atoms with Crippen molar-refractivity contribution in [2.45, 2.75) is 18.8 Å². The van der Waals surface area contributed by atoms with Crippen LogP contribution in [0.25, 0.3) is 11.4 Å². The van der Waals surface area contributed by atoms with E-state index in [4.69, 9.17) is 4.52 Å². The van der Waals surface area contributed by atoms with Gasteiger partial charge < -0.3 is 9.84 Å². The highest BCUT2D eigenvalue weighted by molar-refractivity contribution is 7.08. The molecular weight excluding hydrogens is 258 g/mol. The molecule has 0 bridgehead atoms. The number of rotatable bonds is 2. The molecule has 0 unspecified atom stereocenters. The first-order valence-corrected chi connectivity index (χ1v) is 6.44. The monoisotopic (exact) mass is 271 g/mol. The predicted octanol–water partition coefficient (Wildman–Crippen LogP) is 2.69. The summed E-state index contributed by atoms with van der Waals surface area (Å²) in [7, 11) is 0. The first-order chi connectivity index (χ1) is 7.93. The molecule has 0 spiro atoms. The van der Waals surface area contributed by atoms with Crippen LogP contribution in [0.3, 0.4) is 0 Å². The van der Waals surface area contributed by atoms with Crippen molar-refractivity contribution in [3.63, 3.8) is 0 Å². The van der Waals surface area contributed by atoms with Crippen LogP contribution in [-0.2, 0) is 0 Å². The van der Waals surface area contributed by atoms with E-state index in [0.29, 0.717) is 11.7 Å². The SMILES string of the molecule is Cl.c1cc(-c2noc([C@H]3CCCNC3)n2)cs1. The lowest BCUT2D eigenvalue weighted by Gasteiger charge is -2.18. The number of aromatic nitrogens is 2. The van der Waals surface area contributed by atoms with Crippen molar-refractivity contribution >= 4 is 23.7 Å². The highest BCUT2D eigenvalue weighted by Crippen LogP contribution is 2.25. The van der Waals surface area contributed by atoms with Crippen molar-refractivity contribution in [2.24, 2.45) is 0 Å². The highest BCUT2D eigenvalue weighted by Gasteiger charge is 2.21. The normalized spacial score (nSPS) is 19.9. The van der Waals surface area contributed by atoms with Gasteiger partial charge in [-0.05, 0) is 30.8 Å². The summed E-state index contributed by atoms with van der Waals surface area (Å²) in [4.78, 5) is 4.47. The molecule has 1 fully saturated rings. The zero-order valence-corrected chi connectivity index (χ0v) is 10.9. The molecule has 0 radical (unpaired) electrons. The van der Waals surface area contributed by atoms with E-state index >= 15 is 0 Å². The summed E-state index contributed by atoms with van der Waals surface area (Å²) in [6.07, 6.45) is 2.32. The Morgan fingerprint density at radius 2 is 2.41 bits per heavy atom. The average molecular weight is 272 g/mol. The lowest BCUT2D eigenvalue weighted by molar-refractivity contribution is 0.322. The zero-order valence-electron chi connectivity index (χ0n) is 9.26. The van der Waals surface area contributed by atoms with Crippen molar-refractivity contribution in [3.8, 4) is 11.4 Å². The van der Waals surface area contributed by atoms with Crippen LogP contribution < -0.4 is 5.32 Å². The van der Waals surface area contributed by atoms with Gasteiger partial charge in [-0.25, -0.2) is 0 Å². The quantitative estimate of drug-likeness (QED) is 0.912. The standard InChI is InChI=1S/C11H13N3OS.ClH/c1-2-8(6-12-4-1)11-13-10(14-15-11)9-3-5-16-7-9;/h3,5,7-8,12H,1-2,4,6H2;1H/t8-;/m0./s1. The Morgan fingerprint density at radius 1 is 1.47 bits per heavy atom. The minimum Gasteiger partial charge on any atom is -0.339 e. The lowest BCUT2D eigenvalue weighted by atomic mass is 10.00. The summed E-state index contributed by atoms with van der Waals surface area (Å²) in [6.45, 7) is 2.05. The Balaban J connectivity index is 0.00000108. The number of piperidine rings is 1. The molecule has 17 heavy (non-hydrogen) atoms. The first-order valence-electron chi connectivity index (χ1n) is 5.50. The topological polar surface area (TPSA) is 51.0 Å². The van der Waals surface area contributed by atoms with E-state index < -0.39 is 0 Å². The number of nitrogens with zero attached hydrogens (tertiary/aromatic N) is 2. The van der Waals surface area contributed by atoms with Gasteiger partial charge in [0.15, 0.2) is 0 Å². The van der Waals surface area contributed by atoms with Gasteiger partial charge in [0.1, 0.15) is 0 Å². The molecule has 92 valence electrons. The molecule has 0 aromatic carbocycles. The third kappa shape index (κ3) is 2.68. The molecule has 4 nitrogen and oxygen atoms in total. The van der Waals surface area contributed by atoms with Crippen LogP contribution in [0.1, 0.15) is 24.7 Å². The third-order valence-corrected chi connectivity index (χ3v) is 3.55. The molecule has 2 aromatic rings. The molecule has 1 N–H and O–H groups in total. The molecule has 1 atom stereocenters. The number of hydrogen-bond donors (Lipinski definition) is 1. The fourth-order valence-electron chi connectivity index (χ4n) is 1.97. The van der Waals surface area contributed by atoms with Crippen molar-refractivity contribution in [1.29, 1.82) is 0 Å². The Morgan fingerprint density at radius 3 is 3.12 bits per heavy atom. The highest BCUT2D eigenvalue weighted by atomic mass is 35.5. The zero-order chi connectivity index (χ0) is 10.8. The molecule has 6 heteroatoms. The number of nitrogens with one attached hydrogen (secondary N) is 1. The minimum absolute atomic E-state index is 0. The summed E-state index contributed by atoms with van der Waals surface area (Å²) < 4.78 is 5.33. The van der Waals surface area contributed by atoms with Gasteiger partial charge in [0, 0.05) is 17.5 Å². The van der Waals surface area contributed by atoms with Crippen LogP contribution in [0.5, 0.6) is 0 Å². The van der Waals surface area contributed by atoms with E-state index in [2.05, 4.69) is 15.5 Å². The van der Waals surface area contributed by atoms with Gasteiger partial charge in [-0.15, -0.1) is 12.4 Å². The molecular formula is C11H14ClN3OS. The summed E-state index contributed by atoms with van der Waals surface area (Å²) >= 11 is 1.65. The maximum Gasteiger partial charge on any atom is 0.231 e. The number of halogens is 1. The summed E-state index contributed by atoms with van der Waals surface area (Å²) in [5, 5.41) is 11.4. The van der Waals surface area contributed by atoms with Gasteiger partial charge in [-0.2, -0.15) is 16.3 Å². The van der Waals surface area contributed by atoms with Gasteiger partial charge in [0.25, 0.3) is 0 Å². The molecule has 0 amide bonds. The second kappa shape index (κ2) is 5.62. The second-order valence-electron chi connectivity index (χ2n) is 4.01. The smallest absolute Gasteiger partial charge is 0.231 e. The maximum atomic E-state index is 5.33. The fourth-order valence-corrected chi connectivity index (χ4v) is 2.61. The Kier molecular flexibility index (Phi) is 4.15. The van der Waals surface area contributed by atoms with E-state index in [1.54, 1.807) is 11.3 Å². The van der Waals surface area contributed by atoms with Gasteiger partial charge in [-0.3, -0.25) is 0 Å². The van der Waals surface area contributed by atoms with E-state index in [1.807, 2.05) is 16.8 Å². The molecule has 2 aromatic heterocycles. The van der Waals surface area contributed by atoms with Gasteiger partial charge in [-0.1, -0.05) is 5.16 Å². The molecule has 1 aliphatic rings. The fraction of sp³-hybridized carbons (Fsp3) is 0.455. The van der Waals surface area contributed by atoms with Crippen LogP contribution in [-0.4, -0.2) is 23.2 Å². The summed E-state index contributed by atoms with van der Waals surface area (Å²) in [6, 6.07) is 2.01. The predicted molar refractivity (Wildman–Crippen MR) is 69.7 cm³/mol. The molecule has 1 saturated heterocycles. The van der Waals surface area contributed by atoms with Crippen LogP contribution in [0, 0.1) is 0 Å². The minimum atomic E-state index is 0. The second-order valence-corrected chi connectivity index (χ2v) is 4.79. The Hall–Kier alpha value is -0.910. The van der Waals surface area contributed by atoms with Crippen molar-refractivity contribution < 1.29 is 4.52 Å². The first kappa shape index (κ1) is 12.5. The van der Waals surface area contributed by atoms with E-state index in [1.165, 1.54) is 6.42 Å². The lowest BCUT2D eigenvalue weighted by Crippen LogP contribution is -2.28.